The number of aryl methyl sites for hydroxylation is 6. The average molecular weight is 822 g/mol. The van der Waals surface area contributed by atoms with Crippen LogP contribution in [0.4, 0.5) is 17.1 Å². The lowest BCUT2D eigenvalue weighted by atomic mass is 9.82. The molecule has 0 saturated carbocycles. The second kappa shape index (κ2) is 13.4. The molecule has 13 aromatic rings. The zero-order valence-electron chi connectivity index (χ0n) is 37.1. The summed E-state index contributed by atoms with van der Waals surface area (Å²) in [4.78, 5) is 2.43. The molecule has 0 fully saturated rings. The van der Waals surface area contributed by atoms with E-state index in [0.29, 0.717) is 0 Å². The number of hydrogen-bond acceptors (Lipinski definition) is 1. The fourth-order valence-electron chi connectivity index (χ4n) is 11.2. The molecule has 0 spiro atoms. The molecular formula is C61H47N3. The smallest absolute Gasteiger partial charge is 0.0620 e. The monoisotopic (exact) mass is 821 g/mol. The van der Waals surface area contributed by atoms with Gasteiger partial charge in [-0.2, -0.15) is 0 Å². The molecule has 1 atom stereocenters. The number of anilines is 3. The number of benzene rings is 9. The maximum atomic E-state index is 2.57. The third-order valence-corrected chi connectivity index (χ3v) is 14.4. The summed E-state index contributed by atoms with van der Waals surface area (Å²) in [5.41, 5.74) is 22.7. The number of hydrogen-bond donors (Lipinski definition) is 0. The van der Waals surface area contributed by atoms with Gasteiger partial charge in [-0.3, -0.25) is 0 Å². The van der Waals surface area contributed by atoms with Crippen molar-refractivity contribution < 1.29 is 0 Å². The van der Waals surface area contributed by atoms with Gasteiger partial charge in [0.15, 0.2) is 0 Å². The summed E-state index contributed by atoms with van der Waals surface area (Å²) >= 11 is 0. The van der Waals surface area contributed by atoms with Gasteiger partial charge in [0.05, 0.1) is 33.1 Å². The first-order chi connectivity index (χ1) is 31.2. The molecule has 3 nitrogen and oxygen atoms in total. The van der Waals surface area contributed by atoms with Crippen molar-refractivity contribution in [2.45, 2.75) is 47.5 Å². The normalized spacial score (nSPS) is 12.8. The zero-order valence-corrected chi connectivity index (χ0v) is 37.1. The Labute approximate surface area is 372 Å². The van der Waals surface area contributed by atoms with Crippen molar-refractivity contribution in [1.82, 2.24) is 8.80 Å². The zero-order chi connectivity index (χ0) is 43.1. The van der Waals surface area contributed by atoms with Crippen molar-refractivity contribution in [3.63, 3.8) is 0 Å². The van der Waals surface area contributed by atoms with Crippen LogP contribution in [0, 0.1) is 41.5 Å². The van der Waals surface area contributed by atoms with E-state index in [9.17, 15) is 0 Å². The Kier molecular flexibility index (Phi) is 7.77. The van der Waals surface area contributed by atoms with Crippen LogP contribution in [0.5, 0.6) is 0 Å². The van der Waals surface area contributed by atoms with Crippen molar-refractivity contribution in [3.8, 4) is 0 Å². The summed E-state index contributed by atoms with van der Waals surface area (Å²) in [7, 11) is 0. The van der Waals surface area contributed by atoms with E-state index in [0.717, 1.165) is 11.4 Å². The summed E-state index contributed by atoms with van der Waals surface area (Å²) in [6.45, 7) is 13.2. The fraction of sp³-hybridized carbons (Fsp3) is 0.115. The Morgan fingerprint density at radius 3 is 1.44 bits per heavy atom. The first-order valence-corrected chi connectivity index (χ1v) is 22.6. The van der Waals surface area contributed by atoms with Gasteiger partial charge in [-0.1, -0.05) is 138 Å². The van der Waals surface area contributed by atoms with Gasteiger partial charge >= 0.3 is 0 Å². The summed E-state index contributed by atoms with van der Waals surface area (Å²) in [5.74, 6) is 0.106. The summed E-state index contributed by atoms with van der Waals surface area (Å²) in [6.07, 6.45) is 0. The molecule has 4 aromatic heterocycles. The van der Waals surface area contributed by atoms with Crippen molar-refractivity contribution >= 4 is 93.3 Å². The SMILES string of the molecule is Cc1ccc(C(c2ccc3c4cccc5c6cc7c(cc6n(c3c2)c45)c2cccc3c4ccc(N(c5ccc(C)cc5)c5cc(C)ccc5C)cc4n7c32)c2cc(C)ccc2C)cc1. The number of rotatable bonds is 6. The quantitative estimate of drug-likeness (QED) is 0.152. The van der Waals surface area contributed by atoms with E-state index in [4.69, 9.17) is 0 Å². The molecule has 3 heteroatoms. The summed E-state index contributed by atoms with van der Waals surface area (Å²) in [6, 6.07) is 64.8. The number of nitrogens with zero attached hydrogens (tertiary/aromatic N) is 3. The second-order valence-electron chi connectivity index (χ2n) is 18.6. The highest BCUT2D eigenvalue weighted by molar-refractivity contribution is 6.29. The number of aromatic nitrogens is 2. The summed E-state index contributed by atoms with van der Waals surface area (Å²) in [5, 5.41) is 10.3. The fourth-order valence-corrected chi connectivity index (χ4v) is 11.2. The lowest BCUT2D eigenvalue weighted by molar-refractivity contribution is 0.960. The van der Waals surface area contributed by atoms with Crippen molar-refractivity contribution in [3.05, 3.63) is 220 Å². The number of para-hydroxylation sites is 2. The van der Waals surface area contributed by atoms with Crippen molar-refractivity contribution in [2.75, 3.05) is 4.90 Å². The highest BCUT2D eigenvalue weighted by atomic mass is 15.1. The van der Waals surface area contributed by atoms with E-state index in [1.165, 1.54) is 132 Å². The Bertz CT molecular complexity index is 3750. The molecule has 0 radical (unpaired) electrons. The standard InChI is InChI=1S/C61H47N3/c1-35-15-21-41(22-16-35)59(51-29-37(3)13-19-39(51)5)42-23-27-45-47-9-7-11-49-52-34-58-53(33-57(52)63(60(47)49)55(45)31-42)50-12-8-10-48-46-28-26-44(32-56(46)64(58)61(48)50)62(43-24-17-36(2)18-25-43)54-30-38(4)14-20-40(54)6/h7-34,59H,1-6H3. The molecule has 13 rings (SSSR count). The highest BCUT2D eigenvalue weighted by Crippen LogP contribution is 2.47. The topological polar surface area (TPSA) is 12.1 Å². The Morgan fingerprint density at radius 1 is 0.344 bits per heavy atom. The first kappa shape index (κ1) is 37.0. The lowest BCUT2D eigenvalue weighted by Crippen LogP contribution is -2.11. The van der Waals surface area contributed by atoms with Gasteiger partial charge in [0.25, 0.3) is 0 Å². The van der Waals surface area contributed by atoms with Gasteiger partial charge in [0.2, 0.25) is 0 Å². The molecule has 0 aliphatic carbocycles. The van der Waals surface area contributed by atoms with Crippen LogP contribution >= 0.6 is 0 Å². The van der Waals surface area contributed by atoms with Crippen molar-refractivity contribution in [1.29, 1.82) is 0 Å². The first-order valence-electron chi connectivity index (χ1n) is 22.6. The van der Waals surface area contributed by atoms with Crippen LogP contribution in [0.15, 0.2) is 170 Å². The van der Waals surface area contributed by atoms with Crippen LogP contribution in [-0.4, -0.2) is 8.80 Å². The molecule has 0 bridgehead atoms. The molecule has 9 aromatic carbocycles. The Morgan fingerprint density at radius 2 is 0.812 bits per heavy atom. The Hall–Kier alpha value is -7.62. The van der Waals surface area contributed by atoms with Gasteiger partial charge in [-0.15, -0.1) is 0 Å². The molecule has 0 N–H and O–H groups in total. The van der Waals surface area contributed by atoms with E-state index in [1.807, 2.05) is 0 Å². The minimum atomic E-state index is 0.106. The molecule has 4 heterocycles. The predicted octanol–water partition coefficient (Wildman–Crippen LogP) is 16.5. The van der Waals surface area contributed by atoms with Gasteiger partial charge in [0, 0.05) is 66.1 Å². The van der Waals surface area contributed by atoms with Crippen LogP contribution < -0.4 is 4.90 Å². The molecule has 0 aliphatic heterocycles. The maximum absolute atomic E-state index is 2.57. The van der Waals surface area contributed by atoms with Crippen LogP contribution in [-0.2, 0) is 0 Å². The minimum Gasteiger partial charge on any atom is -0.310 e. The molecule has 0 amide bonds. The van der Waals surface area contributed by atoms with E-state index in [-0.39, 0.29) is 5.92 Å². The maximum Gasteiger partial charge on any atom is 0.0620 e. The van der Waals surface area contributed by atoms with Crippen molar-refractivity contribution in [2.24, 2.45) is 0 Å². The minimum absolute atomic E-state index is 0.106. The summed E-state index contributed by atoms with van der Waals surface area (Å²) < 4.78 is 5.12. The molecule has 0 aliphatic rings. The van der Waals surface area contributed by atoms with Crippen LogP contribution in [0.2, 0.25) is 0 Å². The molecule has 0 saturated heterocycles. The van der Waals surface area contributed by atoms with Crippen LogP contribution in [0.25, 0.3) is 76.2 Å². The lowest BCUT2D eigenvalue weighted by Gasteiger charge is -2.27. The predicted molar refractivity (Wildman–Crippen MR) is 273 cm³/mol. The molecule has 64 heavy (non-hydrogen) atoms. The highest BCUT2D eigenvalue weighted by Gasteiger charge is 2.26. The second-order valence-corrected chi connectivity index (χ2v) is 18.6. The van der Waals surface area contributed by atoms with Crippen LogP contribution in [0.3, 0.4) is 0 Å². The molecule has 1 unspecified atom stereocenters. The van der Waals surface area contributed by atoms with Gasteiger partial charge in [-0.05, 0) is 123 Å². The molecular weight excluding hydrogens is 775 g/mol. The third-order valence-electron chi connectivity index (χ3n) is 14.4. The van der Waals surface area contributed by atoms with Gasteiger partial charge in [-0.25, -0.2) is 0 Å². The van der Waals surface area contributed by atoms with E-state index in [1.54, 1.807) is 0 Å². The van der Waals surface area contributed by atoms with Gasteiger partial charge in [0.1, 0.15) is 0 Å². The van der Waals surface area contributed by atoms with E-state index >= 15 is 0 Å². The number of fused-ring (bicyclic) bond motifs is 12. The third kappa shape index (κ3) is 5.21. The average Bonchev–Trinajstić information content (AvgIpc) is 4.03. The van der Waals surface area contributed by atoms with Crippen LogP contribution in [0.1, 0.15) is 56.0 Å². The van der Waals surface area contributed by atoms with E-state index < -0.39 is 0 Å². The largest absolute Gasteiger partial charge is 0.310 e. The molecule has 306 valence electrons. The van der Waals surface area contributed by atoms with E-state index in [2.05, 4.69) is 225 Å². The van der Waals surface area contributed by atoms with Gasteiger partial charge < -0.3 is 13.7 Å². The Balaban J connectivity index is 1.07.